The fraction of sp³-hybridized carbons (Fsp3) is 1.00. The number of rotatable bonds is 3. The molecule has 2 heterocycles. The summed E-state index contributed by atoms with van der Waals surface area (Å²) in [5.41, 5.74) is 0. The van der Waals surface area contributed by atoms with Crippen molar-refractivity contribution in [3.8, 4) is 0 Å². The van der Waals surface area contributed by atoms with Gasteiger partial charge in [-0.25, -0.2) is 0 Å². The average Bonchev–Trinajstić information content (AvgIpc) is 2.02. The summed E-state index contributed by atoms with van der Waals surface area (Å²) in [4.78, 5) is 0. The van der Waals surface area contributed by atoms with Gasteiger partial charge in [-0.3, -0.25) is 0 Å². The van der Waals surface area contributed by atoms with Crippen LogP contribution in [-0.4, -0.2) is 43.1 Å². The van der Waals surface area contributed by atoms with Crippen LogP contribution in [0.15, 0.2) is 0 Å². The molecule has 0 aliphatic carbocycles. The van der Waals surface area contributed by atoms with E-state index < -0.39 is 0 Å². The van der Waals surface area contributed by atoms with E-state index in [1.807, 2.05) is 18.7 Å². The van der Waals surface area contributed by atoms with Crippen molar-refractivity contribution in [2.75, 3.05) is 31.3 Å². The van der Waals surface area contributed by atoms with Crippen molar-refractivity contribution in [2.45, 2.75) is 25.2 Å². The van der Waals surface area contributed by atoms with Gasteiger partial charge in [-0.2, -0.15) is 11.8 Å². The van der Waals surface area contributed by atoms with E-state index in [2.05, 4.69) is 5.32 Å². The molecular weight excluding hydrogens is 186 g/mol. The quantitative estimate of drug-likeness (QED) is 0.736. The van der Waals surface area contributed by atoms with Crippen LogP contribution in [0.1, 0.15) is 13.3 Å². The molecule has 0 atom stereocenters. The third kappa shape index (κ3) is 2.59. The van der Waals surface area contributed by atoms with E-state index in [0.717, 1.165) is 26.2 Å². The van der Waals surface area contributed by atoms with Crippen LogP contribution in [0.3, 0.4) is 0 Å². The highest BCUT2D eigenvalue weighted by Gasteiger charge is 2.30. The van der Waals surface area contributed by atoms with Crippen LogP contribution in [0.4, 0.5) is 0 Å². The van der Waals surface area contributed by atoms with E-state index in [-0.39, 0.29) is 5.79 Å². The predicted molar refractivity (Wildman–Crippen MR) is 54.0 cm³/mol. The Hall–Kier alpha value is 0.230. The van der Waals surface area contributed by atoms with E-state index in [0.29, 0.717) is 6.04 Å². The van der Waals surface area contributed by atoms with Gasteiger partial charge in [0.1, 0.15) is 0 Å². The maximum atomic E-state index is 5.59. The van der Waals surface area contributed by atoms with Crippen LogP contribution in [0.2, 0.25) is 0 Å². The van der Waals surface area contributed by atoms with Gasteiger partial charge in [-0.15, -0.1) is 0 Å². The highest BCUT2D eigenvalue weighted by molar-refractivity contribution is 8.00. The summed E-state index contributed by atoms with van der Waals surface area (Å²) in [5.74, 6) is 2.09. The zero-order chi connectivity index (χ0) is 9.15. The van der Waals surface area contributed by atoms with Crippen LogP contribution in [0, 0.1) is 0 Å². The van der Waals surface area contributed by atoms with Crippen molar-refractivity contribution in [3.63, 3.8) is 0 Å². The maximum Gasteiger partial charge on any atom is 0.177 e. The lowest BCUT2D eigenvalue weighted by Crippen LogP contribution is -2.51. The van der Waals surface area contributed by atoms with E-state index in [1.165, 1.54) is 11.5 Å². The number of hydrogen-bond donors (Lipinski definition) is 1. The Labute approximate surface area is 83.5 Å². The highest BCUT2D eigenvalue weighted by Crippen LogP contribution is 2.20. The summed E-state index contributed by atoms with van der Waals surface area (Å²) in [6.45, 7) is 4.50. The van der Waals surface area contributed by atoms with Gasteiger partial charge in [-0.05, 0) is 13.3 Å². The molecule has 2 rings (SSSR count). The van der Waals surface area contributed by atoms with Crippen LogP contribution < -0.4 is 5.32 Å². The Kier molecular flexibility index (Phi) is 3.14. The highest BCUT2D eigenvalue weighted by atomic mass is 32.2. The molecule has 0 amide bonds. The largest absolute Gasteiger partial charge is 0.349 e. The SMILES string of the molecule is CC1(CNC2CSC2)OCCCO1. The molecule has 13 heavy (non-hydrogen) atoms. The first-order chi connectivity index (χ1) is 6.29. The summed E-state index contributed by atoms with van der Waals surface area (Å²) in [5, 5.41) is 3.46. The van der Waals surface area contributed by atoms with Gasteiger partial charge in [0.05, 0.1) is 13.2 Å². The lowest BCUT2D eigenvalue weighted by molar-refractivity contribution is -0.252. The maximum absolute atomic E-state index is 5.59. The Morgan fingerprint density at radius 1 is 1.38 bits per heavy atom. The molecule has 0 aromatic carbocycles. The standard InChI is InChI=1S/C9H17NO2S/c1-9(11-3-2-4-12-9)7-10-8-5-13-6-8/h8,10H,2-7H2,1H3. The normalized spacial score (nSPS) is 28.4. The molecular formula is C9H17NO2S. The van der Waals surface area contributed by atoms with Gasteiger partial charge in [0, 0.05) is 24.1 Å². The van der Waals surface area contributed by atoms with Gasteiger partial charge in [-0.1, -0.05) is 0 Å². The summed E-state index contributed by atoms with van der Waals surface area (Å²) >= 11 is 1.99. The summed E-state index contributed by atoms with van der Waals surface area (Å²) in [6.07, 6.45) is 1.02. The van der Waals surface area contributed by atoms with E-state index in [9.17, 15) is 0 Å². The fourth-order valence-electron chi connectivity index (χ4n) is 1.46. The molecule has 0 aromatic heterocycles. The van der Waals surface area contributed by atoms with Crippen molar-refractivity contribution < 1.29 is 9.47 Å². The zero-order valence-electron chi connectivity index (χ0n) is 8.04. The first-order valence-corrected chi connectivity index (χ1v) is 6.03. The molecule has 76 valence electrons. The Balaban J connectivity index is 1.71. The fourth-order valence-corrected chi connectivity index (χ4v) is 2.17. The lowest BCUT2D eigenvalue weighted by atomic mass is 10.2. The number of thioether (sulfide) groups is 1. The summed E-state index contributed by atoms with van der Waals surface area (Å²) in [6, 6.07) is 0.677. The molecule has 0 radical (unpaired) electrons. The first kappa shape index (κ1) is 9.77. The molecule has 0 spiro atoms. The molecule has 2 saturated heterocycles. The third-order valence-electron chi connectivity index (χ3n) is 2.45. The molecule has 2 aliphatic rings. The summed E-state index contributed by atoms with van der Waals surface area (Å²) < 4.78 is 11.2. The number of nitrogens with one attached hydrogen (secondary N) is 1. The first-order valence-electron chi connectivity index (χ1n) is 4.88. The van der Waals surface area contributed by atoms with Crippen LogP contribution >= 0.6 is 11.8 Å². The van der Waals surface area contributed by atoms with Gasteiger partial charge >= 0.3 is 0 Å². The van der Waals surface area contributed by atoms with E-state index >= 15 is 0 Å². The number of hydrogen-bond acceptors (Lipinski definition) is 4. The molecule has 0 aromatic rings. The Morgan fingerprint density at radius 2 is 2.08 bits per heavy atom. The van der Waals surface area contributed by atoms with Gasteiger partial charge in [0.2, 0.25) is 0 Å². The zero-order valence-corrected chi connectivity index (χ0v) is 8.86. The predicted octanol–water partition coefficient (Wildman–Crippen LogP) is 0.845. The second-order valence-electron chi connectivity index (χ2n) is 3.80. The molecule has 2 aliphatic heterocycles. The molecule has 0 unspecified atom stereocenters. The molecule has 4 heteroatoms. The van der Waals surface area contributed by atoms with Crippen LogP contribution in [0.25, 0.3) is 0 Å². The third-order valence-corrected chi connectivity index (χ3v) is 3.73. The second kappa shape index (κ2) is 4.17. The van der Waals surface area contributed by atoms with Gasteiger partial charge in [0.15, 0.2) is 5.79 Å². The lowest BCUT2D eigenvalue weighted by Gasteiger charge is -2.36. The Morgan fingerprint density at radius 3 is 2.62 bits per heavy atom. The molecule has 1 N–H and O–H groups in total. The van der Waals surface area contributed by atoms with Crippen molar-refractivity contribution in [3.05, 3.63) is 0 Å². The second-order valence-corrected chi connectivity index (χ2v) is 4.87. The minimum atomic E-state index is -0.376. The minimum absolute atomic E-state index is 0.376. The monoisotopic (exact) mass is 203 g/mol. The Bertz CT molecular complexity index is 167. The molecule has 0 bridgehead atoms. The molecule has 3 nitrogen and oxygen atoms in total. The van der Waals surface area contributed by atoms with Crippen molar-refractivity contribution in [2.24, 2.45) is 0 Å². The minimum Gasteiger partial charge on any atom is -0.349 e. The van der Waals surface area contributed by atoms with E-state index in [4.69, 9.17) is 9.47 Å². The number of ether oxygens (including phenoxy) is 2. The summed E-state index contributed by atoms with van der Waals surface area (Å²) in [7, 11) is 0. The molecule has 2 fully saturated rings. The van der Waals surface area contributed by atoms with Crippen LogP contribution in [0.5, 0.6) is 0 Å². The topological polar surface area (TPSA) is 30.5 Å². The van der Waals surface area contributed by atoms with Crippen molar-refractivity contribution >= 4 is 11.8 Å². The van der Waals surface area contributed by atoms with Crippen molar-refractivity contribution in [1.82, 2.24) is 5.32 Å². The van der Waals surface area contributed by atoms with Crippen LogP contribution in [-0.2, 0) is 9.47 Å². The average molecular weight is 203 g/mol. The molecule has 0 saturated carbocycles. The smallest absolute Gasteiger partial charge is 0.177 e. The van der Waals surface area contributed by atoms with Gasteiger partial charge in [0.25, 0.3) is 0 Å². The van der Waals surface area contributed by atoms with E-state index in [1.54, 1.807) is 0 Å². The van der Waals surface area contributed by atoms with Crippen molar-refractivity contribution in [1.29, 1.82) is 0 Å². The van der Waals surface area contributed by atoms with Gasteiger partial charge < -0.3 is 14.8 Å².